The average Bonchev–Trinajstić information content (AvgIpc) is 2.83. The predicted molar refractivity (Wildman–Crippen MR) is 102 cm³/mol. The highest BCUT2D eigenvalue weighted by molar-refractivity contribution is 7.89. The molecule has 1 aromatic heterocycles. The van der Waals surface area contributed by atoms with Gasteiger partial charge in [0.2, 0.25) is 10.0 Å². The first kappa shape index (κ1) is 19.9. The number of aromatic nitrogens is 2. The number of primary sulfonamides is 1. The summed E-state index contributed by atoms with van der Waals surface area (Å²) in [6.07, 6.45) is 0.733. The van der Waals surface area contributed by atoms with Crippen molar-refractivity contribution < 1.29 is 8.42 Å². The number of nitrogens with one attached hydrogen (secondary N) is 2. The van der Waals surface area contributed by atoms with Gasteiger partial charge in [-0.05, 0) is 38.0 Å². The zero-order chi connectivity index (χ0) is 19.3. The first-order valence-corrected chi connectivity index (χ1v) is 9.82. The Morgan fingerprint density at radius 3 is 2.38 bits per heavy atom. The van der Waals surface area contributed by atoms with Gasteiger partial charge in [-0.3, -0.25) is 9.67 Å². The molecule has 0 unspecified atom stereocenters. The molecule has 0 amide bonds. The van der Waals surface area contributed by atoms with Crippen LogP contribution in [0.4, 0.5) is 0 Å². The third-order valence-electron chi connectivity index (χ3n) is 4.27. The second kappa shape index (κ2) is 8.33. The lowest BCUT2D eigenvalue weighted by Gasteiger charge is -2.12. The number of rotatable bonds is 6. The van der Waals surface area contributed by atoms with Gasteiger partial charge in [0.05, 0.1) is 10.6 Å². The van der Waals surface area contributed by atoms with Crippen LogP contribution in [0.2, 0.25) is 0 Å². The van der Waals surface area contributed by atoms with E-state index in [1.54, 1.807) is 19.2 Å². The molecular weight excluding hydrogens is 352 g/mol. The van der Waals surface area contributed by atoms with E-state index in [0.717, 1.165) is 28.9 Å². The summed E-state index contributed by atoms with van der Waals surface area (Å²) < 4.78 is 24.4. The molecule has 0 aliphatic heterocycles. The lowest BCUT2D eigenvalue weighted by Crippen LogP contribution is -2.38. The molecule has 0 spiro atoms. The third kappa shape index (κ3) is 5.06. The molecule has 0 bridgehead atoms. The summed E-state index contributed by atoms with van der Waals surface area (Å²) in [7, 11) is 0.00391. The molecule has 0 saturated carbocycles. The Labute approximate surface area is 154 Å². The SMILES string of the molecule is CN=C(NCCc1ccc(S(N)(=O)=O)cc1)NCc1c(C)nn(C)c1C. The Bertz CT molecular complexity index is 885. The lowest BCUT2D eigenvalue weighted by molar-refractivity contribution is 0.598. The Balaban J connectivity index is 1.85. The summed E-state index contributed by atoms with van der Waals surface area (Å²) in [4.78, 5) is 4.34. The highest BCUT2D eigenvalue weighted by Crippen LogP contribution is 2.11. The van der Waals surface area contributed by atoms with E-state index in [0.29, 0.717) is 19.0 Å². The van der Waals surface area contributed by atoms with Crippen molar-refractivity contribution in [2.75, 3.05) is 13.6 Å². The van der Waals surface area contributed by atoms with Gasteiger partial charge in [-0.1, -0.05) is 12.1 Å². The maximum absolute atomic E-state index is 11.3. The van der Waals surface area contributed by atoms with Gasteiger partial charge in [0.1, 0.15) is 0 Å². The van der Waals surface area contributed by atoms with E-state index in [1.165, 1.54) is 12.1 Å². The fraction of sp³-hybridized carbons (Fsp3) is 0.412. The smallest absolute Gasteiger partial charge is 0.238 e. The van der Waals surface area contributed by atoms with Crippen LogP contribution in [0.15, 0.2) is 34.2 Å². The molecule has 2 aromatic rings. The van der Waals surface area contributed by atoms with Crippen molar-refractivity contribution in [3.8, 4) is 0 Å². The van der Waals surface area contributed by atoms with Crippen molar-refractivity contribution in [2.24, 2.45) is 17.2 Å². The molecule has 8 nitrogen and oxygen atoms in total. The lowest BCUT2D eigenvalue weighted by atomic mass is 10.1. The molecule has 26 heavy (non-hydrogen) atoms. The minimum absolute atomic E-state index is 0.119. The summed E-state index contributed by atoms with van der Waals surface area (Å²) in [5.41, 5.74) is 4.30. The largest absolute Gasteiger partial charge is 0.356 e. The summed E-state index contributed by atoms with van der Waals surface area (Å²) in [5.74, 6) is 0.703. The van der Waals surface area contributed by atoms with Gasteiger partial charge in [0.15, 0.2) is 5.96 Å². The highest BCUT2D eigenvalue weighted by atomic mass is 32.2. The zero-order valence-electron chi connectivity index (χ0n) is 15.6. The second-order valence-electron chi connectivity index (χ2n) is 6.06. The molecule has 0 saturated heterocycles. The normalized spacial score (nSPS) is 12.3. The van der Waals surface area contributed by atoms with Crippen LogP contribution in [0.25, 0.3) is 0 Å². The maximum Gasteiger partial charge on any atom is 0.238 e. The number of hydrogen-bond acceptors (Lipinski definition) is 4. The highest BCUT2D eigenvalue weighted by Gasteiger charge is 2.10. The van der Waals surface area contributed by atoms with Gasteiger partial charge >= 0.3 is 0 Å². The summed E-state index contributed by atoms with van der Waals surface area (Å²) in [5, 5.41) is 16.0. The fourth-order valence-corrected chi connectivity index (χ4v) is 3.15. The summed E-state index contributed by atoms with van der Waals surface area (Å²) in [6.45, 7) is 5.34. The quantitative estimate of drug-likeness (QED) is 0.503. The maximum atomic E-state index is 11.3. The number of benzene rings is 1. The topological polar surface area (TPSA) is 114 Å². The third-order valence-corrected chi connectivity index (χ3v) is 5.20. The number of guanidine groups is 1. The molecule has 1 heterocycles. The second-order valence-corrected chi connectivity index (χ2v) is 7.63. The number of aryl methyl sites for hydroxylation is 2. The first-order valence-electron chi connectivity index (χ1n) is 8.27. The van der Waals surface area contributed by atoms with Crippen molar-refractivity contribution in [3.05, 3.63) is 46.8 Å². The van der Waals surface area contributed by atoms with Gasteiger partial charge in [0.25, 0.3) is 0 Å². The van der Waals surface area contributed by atoms with Crippen molar-refractivity contribution in [1.29, 1.82) is 0 Å². The molecule has 9 heteroatoms. The molecule has 0 atom stereocenters. The van der Waals surface area contributed by atoms with Gasteiger partial charge in [-0.25, -0.2) is 13.6 Å². The van der Waals surface area contributed by atoms with E-state index in [9.17, 15) is 8.42 Å². The molecule has 0 aliphatic carbocycles. The minimum atomic E-state index is -3.65. The molecule has 1 aromatic carbocycles. The Hall–Kier alpha value is -2.39. The van der Waals surface area contributed by atoms with Crippen LogP contribution in [0.1, 0.15) is 22.5 Å². The van der Waals surface area contributed by atoms with Gasteiger partial charge in [-0.2, -0.15) is 5.10 Å². The number of sulfonamides is 1. The Kier molecular flexibility index (Phi) is 6.38. The number of aliphatic imine (C=N–C) groups is 1. The van der Waals surface area contributed by atoms with Crippen molar-refractivity contribution in [3.63, 3.8) is 0 Å². The average molecular weight is 379 g/mol. The molecular formula is C17H26N6O2S. The predicted octanol–water partition coefficient (Wildman–Crippen LogP) is 0.592. The summed E-state index contributed by atoms with van der Waals surface area (Å²) >= 11 is 0. The molecule has 2 rings (SSSR count). The van der Waals surface area contributed by atoms with E-state index in [-0.39, 0.29) is 4.90 Å². The van der Waals surface area contributed by atoms with E-state index >= 15 is 0 Å². The molecule has 142 valence electrons. The van der Waals surface area contributed by atoms with Crippen LogP contribution in [0.3, 0.4) is 0 Å². The van der Waals surface area contributed by atoms with Crippen LogP contribution in [0.5, 0.6) is 0 Å². The van der Waals surface area contributed by atoms with Crippen LogP contribution < -0.4 is 15.8 Å². The number of nitrogens with two attached hydrogens (primary N) is 1. The van der Waals surface area contributed by atoms with Crippen LogP contribution in [-0.2, 0) is 30.0 Å². The van der Waals surface area contributed by atoms with Crippen molar-refractivity contribution >= 4 is 16.0 Å². The van der Waals surface area contributed by atoms with Crippen LogP contribution >= 0.6 is 0 Å². The molecule has 0 aliphatic rings. The standard InChI is InChI=1S/C17H26N6O2S/c1-12-16(13(2)23(4)22-12)11-21-17(19-3)20-10-9-14-5-7-15(8-6-14)26(18,24)25/h5-8H,9-11H2,1-4H3,(H2,18,24,25)(H2,19,20,21). The van der Waals surface area contributed by atoms with E-state index < -0.39 is 10.0 Å². The van der Waals surface area contributed by atoms with E-state index in [1.807, 2.05) is 25.6 Å². The van der Waals surface area contributed by atoms with Gasteiger partial charge < -0.3 is 10.6 Å². The number of nitrogens with zero attached hydrogens (tertiary/aromatic N) is 3. The fourth-order valence-electron chi connectivity index (χ4n) is 2.64. The summed E-state index contributed by atoms with van der Waals surface area (Å²) in [6, 6.07) is 6.57. The van der Waals surface area contributed by atoms with E-state index in [4.69, 9.17) is 5.14 Å². The number of hydrogen-bond donors (Lipinski definition) is 3. The van der Waals surface area contributed by atoms with E-state index in [2.05, 4.69) is 20.7 Å². The Morgan fingerprint density at radius 2 is 1.88 bits per heavy atom. The minimum Gasteiger partial charge on any atom is -0.356 e. The first-order chi connectivity index (χ1) is 12.2. The zero-order valence-corrected chi connectivity index (χ0v) is 16.4. The molecule has 0 fully saturated rings. The van der Waals surface area contributed by atoms with Gasteiger partial charge in [0, 0.05) is 38.4 Å². The van der Waals surface area contributed by atoms with Crippen molar-refractivity contribution in [1.82, 2.24) is 20.4 Å². The molecule has 4 N–H and O–H groups in total. The van der Waals surface area contributed by atoms with Crippen LogP contribution in [0, 0.1) is 13.8 Å². The monoisotopic (exact) mass is 378 g/mol. The van der Waals surface area contributed by atoms with Gasteiger partial charge in [-0.15, -0.1) is 0 Å². The Morgan fingerprint density at radius 1 is 1.23 bits per heavy atom. The van der Waals surface area contributed by atoms with Crippen molar-refractivity contribution in [2.45, 2.75) is 31.7 Å². The van der Waals surface area contributed by atoms with Crippen LogP contribution in [-0.4, -0.2) is 37.8 Å². The molecule has 0 radical (unpaired) electrons.